The molecule has 102 valence electrons. The van der Waals surface area contributed by atoms with Crippen molar-refractivity contribution in [2.24, 2.45) is 0 Å². The molecule has 0 unspecified atom stereocenters. The van der Waals surface area contributed by atoms with Crippen molar-refractivity contribution in [3.8, 4) is 0 Å². The van der Waals surface area contributed by atoms with Crippen LogP contribution in [0, 0.1) is 3.57 Å². The quantitative estimate of drug-likeness (QED) is 0.701. The summed E-state index contributed by atoms with van der Waals surface area (Å²) >= 11 is 4.11. The molecule has 0 aliphatic rings. The predicted octanol–water partition coefficient (Wildman–Crippen LogP) is 3.30. The Kier molecular flexibility index (Phi) is 7.92. The number of anilines is 1. The molecular formula is C12H20IN3OS. The summed E-state index contributed by atoms with van der Waals surface area (Å²) in [5, 5.41) is 3.35. The molecular weight excluding hydrogens is 361 g/mol. The first-order valence-electron chi connectivity index (χ1n) is 6.08. The molecule has 6 heteroatoms. The van der Waals surface area contributed by atoms with Gasteiger partial charge in [0.25, 0.3) is 0 Å². The molecule has 0 aliphatic heterocycles. The van der Waals surface area contributed by atoms with Crippen LogP contribution in [0.15, 0.2) is 0 Å². The van der Waals surface area contributed by atoms with Crippen molar-refractivity contribution >= 4 is 40.2 Å². The van der Waals surface area contributed by atoms with Gasteiger partial charge in [0.1, 0.15) is 11.6 Å². The van der Waals surface area contributed by atoms with Crippen LogP contribution < -0.4 is 5.32 Å². The number of methoxy groups -OCH3 is 1. The average Bonchev–Trinajstić information content (AvgIpc) is 2.38. The van der Waals surface area contributed by atoms with Gasteiger partial charge >= 0.3 is 0 Å². The molecule has 4 nitrogen and oxygen atoms in total. The van der Waals surface area contributed by atoms with E-state index in [0.717, 1.165) is 45.4 Å². The van der Waals surface area contributed by atoms with Crippen LogP contribution in [0.2, 0.25) is 0 Å². The number of thioether (sulfide) groups is 1. The summed E-state index contributed by atoms with van der Waals surface area (Å²) in [6.45, 7) is 5.75. The van der Waals surface area contributed by atoms with Gasteiger partial charge in [0, 0.05) is 13.7 Å². The molecule has 0 saturated carbocycles. The fourth-order valence-corrected chi connectivity index (χ4v) is 2.50. The fourth-order valence-electron chi connectivity index (χ4n) is 1.40. The summed E-state index contributed by atoms with van der Waals surface area (Å²) in [6.07, 6.45) is 1.08. The molecule has 0 fully saturated rings. The largest absolute Gasteiger partial charge is 0.378 e. The summed E-state index contributed by atoms with van der Waals surface area (Å²) in [5.41, 5.74) is 0.971. The molecule has 1 heterocycles. The van der Waals surface area contributed by atoms with Gasteiger partial charge < -0.3 is 10.1 Å². The van der Waals surface area contributed by atoms with E-state index < -0.39 is 0 Å². The van der Waals surface area contributed by atoms with Crippen LogP contribution in [0.5, 0.6) is 0 Å². The van der Waals surface area contributed by atoms with Gasteiger partial charge in [-0.15, -0.1) is 0 Å². The van der Waals surface area contributed by atoms with Crippen LogP contribution in [0.25, 0.3) is 0 Å². The highest BCUT2D eigenvalue weighted by molar-refractivity contribution is 14.1. The molecule has 0 amide bonds. The molecule has 0 aromatic carbocycles. The van der Waals surface area contributed by atoms with Crippen LogP contribution in [0.3, 0.4) is 0 Å². The number of halogens is 1. The molecule has 0 bridgehead atoms. The SMILES string of the molecule is CCCNc1nc(CSCC)nc(COC)c1I. The zero-order valence-electron chi connectivity index (χ0n) is 11.1. The second-order valence-electron chi connectivity index (χ2n) is 3.75. The second kappa shape index (κ2) is 8.92. The van der Waals surface area contributed by atoms with Crippen molar-refractivity contribution < 1.29 is 4.74 Å². The van der Waals surface area contributed by atoms with Crippen LogP contribution in [0.1, 0.15) is 31.8 Å². The molecule has 0 spiro atoms. The van der Waals surface area contributed by atoms with Crippen molar-refractivity contribution in [3.63, 3.8) is 0 Å². The molecule has 0 atom stereocenters. The van der Waals surface area contributed by atoms with Gasteiger partial charge in [0.2, 0.25) is 0 Å². The Bertz CT molecular complexity index is 377. The first-order valence-corrected chi connectivity index (χ1v) is 8.32. The van der Waals surface area contributed by atoms with Crippen molar-refractivity contribution in [2.75, 3.05) is 24.7 Å². The van der Waals surface area contributed by atoms with E-state index in [9.17, 15) is 0 Å². The van der Waals surface area contributed by atoms with E-state index >= 15 is 0 Å². The van der Waals surface area contributed by atoms with E-state index in [1.54, 1.807) is 7.11 Å². The van der Waals surface area contributed by atoms with Crippen LogP contribution in [-0.4, -0.2) is 29.4 Å². The number of hydrogen-bond donors (Lipinski definition) is 1. The third-order valence-corrected chi connectivity index (χ3v) is 4.23. The van der Waals surface area contributed by atoms with E-state index in [0.29, 0.717) is 6.61 Å². The molecule has 1 aromatic rings. The zero-order valence-corrected chi connectivity index (χ0v) is 14.1. The summed E-state index contributed by atoms with van der Waals surface area (Å²) in [4.78, 5) is 9.15. The van der Waals surface area contributed by atoms with Crippen molar-refractivity contribution in [2.45, 2.75) is 32.6 Å². The third-order valence-electron chi connectivity index (χ3n) is 2.22. The highest BCUT2D eigenvalue weighted by Gasteiger charge is 2.11. The minimum atomic E-state index is 0.533. The Morgan fingerprint density at radius 1 is 1.33 bits per heavy atom. The van der Waals surface area contributed by atoms with E-state index in [1.165, 1.54) is 0 Å². The van der Waals surface area contributed by atoms with E-state index in [1.807, 2.05) is 11.8 Å². The lowest BCUT2D eigenvalue weighted by molar-refractivity contribution is 0.180. The van der Waals surface area contributed by atoms with Gasteiger partial charge in [0.05, 0.1) is 21.6 Å². The summed E-state index contributed by atoms with van der Waals surface area (Å²) in [6, 6.07) is 0. The predicted molar refractivity (Wildman–Crippen MR) is 86.1 cm³/mol. The van der Waals surface area contributed by atoms with Gasteiger partial charge in [-0.3, -0.25) is 0 Å². The lowest BCUT2D eigenvalue weighted by Crippen LogP contribution is -2.11. The van der Waals surface area contributed by atoms with Gasteiger partial charge in [-0.2, -0.15) is 11.8 Å². The van der Waals surface area contributed by atoms with Crippen molar-refractivity contribution in [1.29, 1.82) is 0 Å². The molecule has 1 rings (SSSR count). The minimum Gasteiger partial charge on any atom is -0.378 e. The summed E-state index contributed by atoms with van der Waals surface area (Å²) in [7, 11) is 1.69. The second-order valence-corrected chi connectivity index (χ2v) is 6.10. The lowest BCUT2D eigenvalue weighted by Gasteiger charge is -2.12. The first-order chi connectivity index (χ1) is 8.72. The Hall–Kier alpha value is -0.0800. The molecule has 1 aromatic heterocycles. The Morgan fingerprint density at radius 3 is 2.72 bits per heavy atom. The fraction of sp³-hybridized carbons (Fsp3) is 0.667. The molecule has 0 saturated heterocycles. The normalized spacial score (nSPS) is 10.7. The van der Waals surface area contributed by atoms with E-state index in [2.05, 4.69) is 51.7 Å². The molecule has 0 aliphatic carbocycles. The minimum absolute atomic E-state index is 0.533. The zero-order chi connectivity index (χ0) is 13.4. The van der Waals surface area contributed by atoms with Gasteiger partial charge in [-0.25, -0.2) is 9.97 Å². The summed E-state index contributed by atoms with van der Waals surface area (Å²) in [5.74, 6) is 3.75. The van der Waals surface area contributed by atoms with Crippen molar-refractivity contribution in [1.82, 2.24) is 9.97 Å². The van der Waals surface area contributed by atoms with Crippen LogP contribution >= 0.6 is 34.4 Å². The molecule has 0 radical (unpaired) electrons. The number of rotatable bonds is 8. The number of ether oxygens (including phenoxy) is 1. The number of aromatic nitrogens is 2. The monoisotopic (exact) mass is 381 g/mol. The van der Waals surface area contributed by atoms with Crippen LogP contribution in [0.4, 0.5) is 5.82 Å². The first kappa shape index (κ1) is 16.0. The highest BCUT2D eigenvalue weighted by Crippen LogP contribution is 2.21. The van der Waals surface area contributed by atoms with Crippen LogP contribution in [-0.2, 0) is 17.1 Å². The van der Waals surface area contributed by atoms with Gasteiger partial charge in [-0.05, 0) is 34.8 Å². The Morgan fingerprint density at radius 2 is 2.11 bits per heavy atom. The topological polar surface area (TPSA) is 47.0 Å². The number of nitrogens with one attached hydrogen (secondary N) is 1. The van der Waals surface area contributed by atoms with Gasteiger partial charge in [0.15, 0.2) is 0 Å². The lowest BCUT2D eigenvalue weighted by atomic mass is 10.3. The molecule has 18 heavy (non-hydrogen) atoms. The van der Waals surface area contributed by atoms with E-state index in [-0.39, 0.29) is 0 Å². The molecule has 1 N–H and O–H groups in total. The number of nitrogens with zero attached hydrogens (tertiary/aromatic N) is 2. The maximum Gasteiger partial charge on any atom is 0.143 e. The standard InChI is InChI=1S/C12H20IN3OS/c1-4-6-14-12-11(13)9(7-17-3)15-10(16-12)8-18-5-2/h4-8H2,1-3H3,(H,14,15,16). The Labute approximate surface area is 127 Å². The third kappa shape index (κ3) is 4.89. The van der Waals surface area contributed by atoms with Crippen molar-refractivity contribution in [3.05, 3.63) is 15.1 Å². The smallest absolute Gasteiger partial charge is 0.143 e. The number of hydrogen-bond acceptors (Lipinski definition) is 5. The maximum absolute atomic E-state index is 5.20. The highest BCUT2D eigenvalue weighted by atomic mass is 127. The Balaban J connectivity index is 2.94. The maximum atomic E-state index is 5.20. The van der Waals surface area contributed by atoms with Gasteiger partial charge in [-0.1, -0.05) is 13.8 Å². The van der Waals surface area contributed by atoms with E-state index in [4.69, 9.17) is 4.74 Å². The average molecular weight is 381 g/mol. The summed E-state index contributed by atoms with van der Waals surface area (Å²) < 4.78 is 6.26.